The maximum Gasteiger partial charge on any atom is 0.396 e. The number of amides is 2. The average molecular weight is 591 g/mol. The Kier molecular flexibility index (Phi) is 8.41. The van der Waals surface area contributed by atoms with E-state index in [9.17, 15) is 27.2 Å². The van der Waals surface area contributed by atoms with Crippen LogP contribution < -0.4 is 10.6 Å². The number of rotatable bonds is 9. The van der Waals surface area contributed by atoms with E-state index in [2.05, 4.69) is 9.97 Å². The quantitative estimate of drug-likeness (QED) is 0.193. The summed E-state index contributed by atoms with van der Waals surface area (Å²) in [6.45, 7) is 8.12. The van der Waals surface area contributed by atoms with Crippen molar-refractivity contribution < 1.29 is 27.2 Å². The molecule has 0 aliphatic heterocycles. The predicted octanol–water partition coefficient (Wildman–Crippen LogP) is 8.03. The Balaban J connectivity index is 1.42. The standard InChI is InChI=1S/C28H26F4N4O2S2/c1-15(2)17-5-9-19(10-6-17)21-13-39-25(33-21)35-23(37)27(29,30)28(31,32)24(38)36-26-34-22(14-40-26)20-11-7-18(8-12-20)16(3)4/h5-16H,1-4H3,(H,33,35,37)(H,34,36,38). The molecule has 0 unspecified atom stereocenters. The predicted molar refractivity (Wildman–Crippen MR) is 150 cm³/mol. The van der Waals surface area contributed by atoms with E-state index in [-0.39, 0.29) is 10.3 Å². The molecule has 0 saturated heterocycles. The zero-order valence-electron chi connectivity index (χ0n) is 22.0. The number of hydrogen-bond acceptors (Lipinski definition) is 6. The molecule has 4 rings (SSSR count). The first-order chi connectivity index (χ1) is 18.8. The molecule has 0 saturated carbocycles. The number of benzene rings is 2. The van der Waals surface area contributed by atoms with Gasteiger partial charge in [0.1, 0.15) is 0 Å². The maximum atomic E-state index is 14.6. The molecule has 2 N–H and O–H groups in total. The van der Waals surface area contributed by atoms with Crippen LogP contribution in [0, 0.1) is 0 Å². The monoisotopic (exact) mass is 590 g/mol. The van der Waals surface area contributed by atoms with E-state index in [4.69, 9.17) is 0 Å². The molecular formula is C28H26F4N4O2S2. The van der Waals surface area contributed by atoms with Crippen molar-refractivity contribution in [2.75, 3.05) is 10.6 Å². The van der Waals surface area contributed by atoms with Crippen LogP contribution in [0.5, 0.6) is 0 Å². The highest BCUT2D eigenvalue weighted by Crippen LogP contribution is 2.38. The lowest BCUT2D eigenvalue weighted by Crippen LogP contribution is -2.56. The van der Waals surface area contributed by atoms with E-state index in [1.165, 1.54) is 10.8 Å². The summed E-state index contributed by atoms with van der Waals surface area (Å²) in [6, 6.07) is 14.7. The minimum atomic E-state index is -5.37. The molecule has 6 nitrogen and oxygen atoms in total. The van der Waals surface area contributed by atoms with Gasteiger partial charge < -0.3 is 0 Å². The Labute approximate surface area is 236 Å². The molecule has 2 aromatic carbocycles. The van der Waals surface area contributed by atoms with Crippen molar-refractivity contribution in [3.8, 4) is 22.5 Å². The number of thiazole rings is 2. The van der Waals surface area contributed by atoms with E-state index >= 15 is 0 Å². The minimum Gasteiger partial charge on any atom is -0.296 e. The number of halogens is 4. The van der Waals surface area contributed by atoms with Gasteiger partial charge in [0.05, 0.1) is 11.4 Å². The average Bonchev–Trinajstić information content (AvgIpc) is 3.58. The van der Waals surface area contributed by atoms with Crippen LogP contribution in [0.4, 0.5) is 27.8 Å². The molecule has 4 aromatic rings. The Hall–Kier alpha value is -3.64. The van der Waals surface area contributed by atoms with Crippen LogP contribution in [-0.4, -0.2) is 33.6 Å². The second-order valence-electron chi connectivity index (χ2n) is 9.69. The molecule has 0 bridgehead atoms. The van der Waals surface area contributed by atoms with Gasteiger partial charge in [0.15, 0.2) is 10.3 Å². The van der Waals surface area contributed by atoms with E-state index in [0.29, 0.717) is 34.4 Å². The Morgan fingerprint density at radius 1 is 0.650 bits per heavy atom. The van der Waals surface area contributed by atoms with Crippen LogP contribution in [0.15, 0.2) is 59.3 Å². The smallest absolute Gasteiger partial charge is 0.296 e. The number of carbonyl (C=O) groups is 2. The van der Waals surface area contributed by atoms with Gasteiger partial charge in [-0.15, -0.1) is 22.7 Å². The molecule has 2 aromatic heterocycles. The van der Waals surface area contributed by atoms with Crippen molar-refractivity contribution >= 4 is 44.8 Å². The van der Waals surface area contributed by atoms with Gasteiger partial charge in [-0.05, 0) is 23.0 Å². The van der Waals surface area contributed by atoms with E-state index in [1.807, 2.05) is 52.0 Å². The van der Waals surface area contributed by atoms with Gasteiger partial charge in [0.2, 0.25) is 0 Å². The fourth-order valence-corrected chi connectivity index (χ4v) is 5.07. The zero-order valence-corrected chi connectivity index (χ0v) is 23.6. The molecule has 210 valence electrons. The normalized spacial score (nSPS) is 12.2. The molecule has 0 aliphatic rings. The van der Waals surface area contributed by atoms with Gasteiger partial charge in [-0.25, -0.2) is 9.97 Å². The summed E-state index contributed by atoms with van der Waals surface area (Å²) in [4.78, 5) is 32.5. The molecule has 0 atom stereocenters. The Morgan fingerprint density at radius 3 is 1.27 bits per heavy atom. The van der Waals surface area contributed by atoms with Crippen molar-refractivity contribution in [3.05, 3.63) is 70.4 Å². The van der Waals surface area contributed by atoms with Crippen molar-refractivity contribution in [2.24, 2.45) is 0 Å². The Bertz CT molecular complexity index is 1380. The summed E-state index contributed by atoms with van der Waals surface area (Å²) in [6.07, 6.45) is 0. The van der Waals surface area contributed by atoms with Crippen LogP contribution in [0.1, 0.15) is 50.7 Å². The number of hydrogen-bond donors (Lipinski definition) is 2. The molecule has 0 spiro atoms. The second-order valence-corrected chi connectivity index (χ2v) is 11.4. The molecule has 0 aliphatic carbocycles. The fraction of sp³-hybridized carbons (Fsp3) is 0.286. The van der Waals surface area contributed by atoms with Crippen molar-refractivity contribution in [1.82, 2.24) is 9.97 Å². The number of alkyl halides is 4. The highest BCUT2D eigenvalue weighted by Gasteiger charge is 2.67. The number of nitrogens with one attached hydrogen (secondary N) is 2. The second kappa shape index (κ2) is 11.5. The van der Waals surface area contributed by atoms with Crippen LogP contribution in [0.3, 0.4) is 0 Å². The van der Waals surface area contributed by atoms with Gasteiger partial charge in [-0.1, -0.05) is 76.2 Å². The van der Waals surface area contributed by atoms with Gasteiger partial charge in [0.25, 0.3) is 0 Å². The lowest BCUT2D eigenvalue weighted by Gasteiger charge is -2.23. The molecule has 0 fully saturated rings. The van der Waals surface area contributed by atoms with Gasteiger partial charge in [-0.3, -0.25) is 20.2 Å². The zero-order chi connectivity index (χ0) is 29.2. The van der Waals surface area contributed by atoms with Crippen LogP contribution >= 0.6 is 22.7 Å². The van der Waals surface area contributed by atoms with Crippen LogP contribution in [-0.2, 0) is 9.59 Å². The summed E-state index contributed by atoms with van der Waals surface area (Å²) in [5.74, 6) is -14.8. The van der Waals surface area contributed by atoms with E-state index in [1.54, 1.807) is 34.9 Å². The first kappa shape index (κ1) is 29.3. The molecular weight excluding hydrogens is 564 g/mol. The number of carbonyl (C=O) groups excluding carboxylic acids is 2. The fourth-order valence-electron chi connectivity index (χ4n) is 3.64. The summed E-state index contributed by atoms with van der Waals surface area (Å²) in [7, 11) is 0. The third-order valence-electron chi connectivity index (χ3n) is 6.16. The number of nitrogens with zero attached hydrogens (tertiary/aromatic N) is 2. The maximum absolute atomic E-state index is 14.6. The first-order valence-corrected chi connectivity index (χ1v) is 14.1. The van der Waals surface area contributed by atoms with Crippen LogP contribution in [0.2, 0.25) is 0 Å². The molecule has 40 heavy (non-hydrogen) atoms. The minimum absolute atomic E-state index is 0.306. The summed E-state index contributed by atoms with van der Waals surface area (Å²) in [5, 5.41) is 5.80. The van der Waals surface area contributed by atoms with Gasteiger partial charge >= 0.3 is 23.7 Å². The SMILES string of the molecule is CC(C)c1ccc(-c2csc(NC(=O)C(F)(F)C(F)(F)C(=O)Nc3nc(-c4ccc(C(C)C)cc4)cs3)n2)cc1. The van der Waals surface area contributed by atoms with Gasteiger partial charge in [-0.2, -0.15) is 17.6 Å². The van der Waals surface area contributed by atoms with Gasteiger partial charge in [0, 0.05) is 21.9 Å². The molecule has 2 amide bonds. The lowest BCUT2D eigenvalue weighted by atomic mass is 10.0. The topological polar surface area (TPSA) is 84.0 Å². The van der Waals surface area contributed by atoms with Crippen LogP contribution in [0.25, 0.3) is 22.5 Å². The Morgan fingerprint density at radius 2 is 0.975 bits per heavy atom. The number of aromatic nitrogens is 2. The third kappa shape index (κ3) is 6.07. The highest BCUT2D eigenvalue weighted by molar-refractivity contribution is 7.14. The molecule has 0 radical (unpaired) electrons. The largest absolute Gasteiger partial charge is 0.396 e. The third-order valence-corrected chi connectivity index (χ3v) is 7.68. The van der Waals surface area contributed by atoms with Crippen molar-refractivity contribution in [3.63, 3.8) is 0 Å². The van der Waals surface area contributed by atoms with E-state index < -0.39 is 23.7 Å². The summed E-state index contributed by atoms with van der Waals surface area (Å²) >= 11 is 1.59. The highest BCUT2D eigenvalue weighted by atomic mass is 32.1. The van der Waals surface area contributed by atoms with Crippen molar-refractivity contribution in [1.29, 1.82) is 0 Å². The number of anilines is 2. The van der Waals surface area contributed by atoms with Crippen molar-refractivity contribution in [2.45, 2.75) is 51.4 Å². The first-order valence-electron chi connectivity index (χ1n) is 12.3. The van der Waals surface area contributed by atoms with E-state index in [0.717, 1.165) is 33.8 Å². The summed E-state index contributed by atoms with van der Waals surface area (Å²) in [5.41, 5.74) is 4.25. The molecule has 12 heteroatoms. The lowest BCUT2D eigenvalue weighted by molar-refractivity contribution is -0.204. The molecule has 2 heterocycles. The summed E-state index contributed by atoms with van der Waals surface area (Å²) < 4.78 is 58.4.